The van der Waals surface area contributed by atoms with Gasteiger partial charge in [0, 0.05) is 11.8 Å². The molecule has 0 radical (unpaired) electrons. The van der Waals surface area contributed by atoms with E-state index in [9.17, 15) is 0 Å². The zero-order valence-corrected chi connectivity index (χ0v) is 11.6. The molecule has 1 aromatic rings. The van der Waals surface area contributed by atoms with Crippen LogP contribution in [0.2, 0.25) is 15.1 Å². The molecule has 4 nitrogen and oxygen atoms in total. The van der Waals surface area contributed by atoms with Gasteiger partial charge in [0.25, 0.3) is 0 Å². The van der Waals surface area contributed by atoms with Gasteiger partial charge in [0.15, 0.2) is 5.92 Å². The van der Waals surface area contributed by atoms with Crippen LogP contribution in [0.25, 0.3) is 0 Å². The SMILES string of the molecule is N#CC(C#N)C=NN(Cl)c1cc(Cl)c(Cl)cc1Cl. The minimum Gasteiger partial charge on any atom is -0.196 e. The number of halogens is 4. The Kier molecular flexibility index (Phi) is 5.53. The number of hydrazone groups is 1. The molecule has 0 spiro atoms. The van der Waals surface area contributed by atoms with Gasteiger partial charge in [-0.3, -0.25) is 0 Å². The van der Waals surface area contributed by atoms with Crippen molar-refractivity contribution in [3.63, 3.8) is 0 Å². The first kappa shape index (κ1) is 14.9. The van der Waals surface area contributed by atoms with E-state index in [2.05, 4.69) is 5.10 Å². The van der Waals surface area contributed by atoms with Crippen LogP contribution in [0.4, 0.5) is 5.69 Å². The lowest BCUT2D eigenvalue weighted by Crippen LogP contribution is -2.05. The highest BCUT2D eigenvalue weighted by Gasteiger charge is 2.11. The van der Waals surface area contributed by atoms with Crippen LogP contribution in [-0.2, 0) is 0 Å². The molecule has 18 heavy (non-hydrogen) atoms. The maximum absolute atomic E-state index is 8.55. The number of hydrogen-bond donors (Lipinski definition) is 0. The molecule has 1 aromatic carbocycles. The highest BCUT2D eigenvalue weighted by Crippen LogP contribution is 2.35. The standard InChI is InChI=1S/C10H4Cl4N4/c11-7-1-9(13)10(2-8(7)12)18(14)17-5-6(3-15)4-16/h1-2,5-6H. The third-order valence-corrected chi connectivity index (χ3v) is 3.08. The third-order valence-electron chi connectivity index (χ3n) is 1.78. The first-order valence-electron chi connectivity index (χ1n) is 4.43. The van der Waals surface area contributed by atoms with E-state index >= 15 is 0 Å². The van der Waals surface area contributed by atoms with Crippen molar-refractivity contribution in [3.05, 3.63) is 27.2 Å². The summed E-state index contributed by atoms with van der Waals surface area (Å²) in [6.07, 6.45) is 1.09. The highest BCUT2D eigenvalue weighted by atomic mass is 35.5. The number of anilines is 1. The molecule has 0 unspecified atom stereocenters. The first-order chi connectivity index (χ1) is 8.49. The van der Waals surface area contributed by atoms with Crippen LogP contribution in [0.5, 0.6) is 0 Å². The number of benzene rings is 1. The van der Waals surface area contributed by atoms with Gasteiger partial charge in [-0.05, 0) is 12.1 Å². The van der Waals surface area contributed by atoms with Crippen LogP contribution in [-0.4, -0.2) is 6.21 Å². The summed E-state index contributed by atoms with van der Waals surface area (Å²) in [7, 11) is 0. The third kappa shape index (κ3) is 3.66. The van der Waals surface area contributed by atoms with Gasteiger partial charge in [-0.1, -0.05) is 34.8 Å². The highest BCUT2D eigenvalue weighted by molar-refractivity contribution is 6.44. The summed E-state index contributed by atoms with van der Waals surface area (Å²) in [5.74, 6) is -0.993. The molecular formula is C10H4Cl4N4. The van der Waals surface area contributed by atoms with E-state index in [1.807, 2.05) is 0 Å². The van der Waals surface area contributed by atoms with Gasteiger partial charge < -0.3 is 0 Å². The summed E-state index contributed by atoms with van der Waals surface area (Å²) < 4.78 is 0.881. The predicted molar refractivity (Wildman–Crippen MR) is 73.0 cm³/mol. The lowest BCUT2D eigenvalue weighted by molar-refractivity contribution is 1.12. The molecule has 8 heteroatoms. The number of nitrogens with zero attached hydrogens (tertiary/aromatic N) is 4. The quantitative estimate of drug-likeness (QED) is 0.361. The predicted octanol–water partition coefficient (Wildman–Crippen LogP) is 4.26. The van der Waals surface area contributed by atoms with Gasteiger partial charge in [-0.25, -0.2) is 0 Å². The van der Waals surface area contributed by atoms with Gasteiger partial charge >= 0.3 is 0 Å². The molecule has 0 atom stereocenters. The van der Waals surface area contributed by atoms with E-state index in [1.165, 1.54) is 12.1 Å². The van der Waals surface area contributed by atoms with E-state index in [4.69, 9.17) is 57.1 Å². The summed E-state index contributed by atoms with van der Waals surface area (Å²) in [4.78, 5) is 0. The topological polar surface area (TPSA) is 63.2 Å². The maximum Gasteiger partial charge on any atom is 0.170 e. The molecule has 0 aromatic heterocycles. The molecule has 0 heterocycles. The van der Waals surface area contributed by atoms with E-state index in [0.29, 0.717) is 5.69 Å². The maximum atomic E-state index is 8.55. The largest absolute Gasteiger partial charge is 0.196 e. The molecule has 0 aliphatic carbocycles. The molecule has 0 aliphatic heterocycles. The Morgan fingerprint density at radius 1 is 1.11 bits per heavy atom. The van der Waals surface area contributed by atoms with Crippen LogP contribution in [0, 0.1) is 28.6 Å². The molecule has 0 N–H and O–H groups in total. The van der Waals surface area contributed by atoms with Crippen molar-refractivity contribution in [1.29, 1.82) is 10.5 Å². The number of hydrogen-bond acceptors (Lipinski definition) is 4. The fourth-order valence-electron chi connectivity index (χ4n) is 0.936. The Morgan fingerprint density at radius 3 is 2.22 bits per heavy atom. The van der Waals surface area contributed by atoms with Crippen LogP contribution >= 0.6 is 46.6 Å². The van der Waals surface area contributed by atoms with Crippen molar-refractivity contribution in [3.8, 4) is 12.1 Å². The van der Waals surface area contributed by atoms with E-state index in [0.717, 1.165) is 10.7 Å². The summed E-state index contributed by atoms with van der Waals surface area (Å²) in [6, 6.07) is 6.27. The molecule has 1 rings (SSSR count). The van der Waals surface area contributed by atoms with Gasteiger partial charge in [-0.2, -0.15) is 20.2 Å². The van der Waals surface area contributed by atoms with Crippen LogP contribution in [0.1, 0.15) is 0 Å². The van der Waals surface area contributed by atoms with Gasteiger partial charge in [0.1, 0.15) is 0 Å². The first-order valence-corrected chi connectivity index (χ1v) is 5.90. The number of rotatable bonds is 3. The second-order valence-electron chi connectivity index (χ2n) is 2.98. The average Bonchev–Trinajstić information content (AvgIpc) is 2.34. The zero-order valence-electron chi connectivity index (χ0n) is 8.61. The van der Waals surface area contributed by atoms with Crippen molar-refractivity contribution in [1.82, 2.24) is 0 Å². The van der Waals surface area contributed by atoms with Crippen molar-refractivity contribution < 1.29 is 0 Å². The monoisotopic (exact) mass is 320 g/mol. The lowest BCUT2D eigenvalue weighted by atomic mass is 10.2. The van der Waals surface area contributed by atoms with Crippen LogP contribution < -0.4 is 4.53 Å². The Hall–Kier alpha value is -1.17. The van der Waals surface area contributed by atoms with E-state index in [1.54, 1.807) is 12.1 Å². The smallest absolute Gasteiger partial charge is 0.170 e. The van der Waals surface area contributed by atoms with E-state index < -0.39 is 5.92 Å². The molecule has 0 fully saturated rings. The average molecular weight is 322 g/mol. The Morgan fingerprint density at radius 2 is 1.67 bits per heavy atom. The Labute approximate surface area is 124 Å². The summed E-state index contributed by atoms with van der Waals surface area (Å²) in [6.45, 7) is 0. The summed E-state index contributed by atoms with van der Waals surface area (Å²) in [5, 5.41) is 21.6. The molecule has 0 bridgehead atoms. The number of nitriles is 2. The molecule has 92 valence electrons. The van der Waals surface area contributed by atoms with Gasteiger partial charge in [0.2, 0.25) is 0 Å². The zero-order chi connectivity index (χ0) is 13.7. The van der Waals surface area contributed by atoms with Crippen molar-refractivity contribution >= 4 is 58.5 Å². The summed E-state index contributed by atoms with van der Waals surface area (Å²) in [5.41, 5.74) is 0.290. The fraction of sp³-hybridized carbons (Fsp3) is 0.100. The molecule has 0 aliphatic rings. The van der Waals surface area contributed by atoms with E-state index in [-0.39, 0.29) is 15.1 Å². The van der Waals surface area contributed by atoms with Crippen molar-refractivity contribution in [2.24, 2.45) is 11.0 Å². The Bertz CT molecular complexity index is 544. The summed E-state index contributed by atoms with van der Waals surface area (Å²) >= 11 is 23.3. The second-order valence-corrected chi connectivity index (χ2v) is 4.52. The molecular weight excluding hydrogens is 318 g/mol. The second kappa shape index (κ2) is 6.68. The molecule has 0 saturated heterocycles. The lowest BCUT2D eigenvalue weighted by Gasteiger charge is -2.12. The molecule has 0 amide bonds. The van der Waals surface area contributed by atoms with Gasteiger partial charge in [-0.15, -0.1) is 0 Å². The van der Waals surface area contributed by atoms with Crippen molar-refractivity contribution in [2.75, 3.05) is 4.53 Å². The minimum absolute atomic E-state index is 0.238. The van der Waals surface area contributed by atoms with Crippen LogP contribution in [0.3, 0.4) is 0 Å². The molecule has 0 saturated carbocycles. The van der Waals surface area contributed by atoms with Crippen LogP contribution in [0.15, 0.2) is 17.2 Å². The Balaban J connectivity index is 2.99. The van der Waals surface area contributed by atoms with Crippen molar-refractivity contribution in [2.45, 2.75) is 0 Å². The minimum atomic E-state index is -0.993. The fourth-order valence-corrected chi connectivity index (χ4v) is 1.79. The normalized spacial score (nSPS) is 10.4. The van der Waals surface area contributed by atoms with Gasteiger partial charge in [0.05, 0.1) is 39.1 Å².